The van der Waals surface area contributed by atoms with Gasteiger partial charge in [-0.2, -0.15) is 5.26 Å². The molecule has 3 rings (SSSR count). The first kappa shape index (κ1) is 14.4. The third kappa shape index (κ3) is 2.67. The van der Waals surface area contributed by atoms with Gasteiger partial charge in [-0.3, -0.25) is 0 Å². The fourth-order valence-electron chi connectivity index (χ4n) is 4.55. The van der Waals surface area contributed by atoms with Crippen LogP contribution in [0.25, 0.3) is 0 Å². The van der Waals surface area contributed by atoms with E-state index < -0.39 is 0 Å². The van der Waals surface area contributed by atoms with Crippen LogP contribution in [0.15, 0.2) is 24.3 Å². The highest BCUT2D eigenvalue weighted by molar-refractivity contribution is 5.60. The van der Waals surface area contributed by atoms with E-state index in [-0.39, 0.29) is 0 Å². The molecule has 2 nitrogen and oxygen atoms in total. The highest BCUT2D eigenvalue weighted by Crippen LogP contribution is 2.49. The van der Waals surface area contributed by atoms with E-state index in [2.05, 4.69) is 42.2 Å². The summed E-state index contributed by atoms with van der Waals surface area (Å²) >= 11 is 0. The molecule has 1 atom stereocenters. The molecule has 1 fully saturated rings. The highest BCUT2D eigenvalue weighted by atomic mass is 15.2. The molecule has 1 spiro atoms. The van der Waals surface area contributed by atoms with Crippen molar-refractivity contribution in [1.29, 1.82) is 5.26 Å². The van der Waals surface area contributed by atoms with E-state index in [4.69, 9.17) is 5.26 Å². The standard InChI is InChI=1S/C19H26N2/c1-16-15-19(11-5-2-6-12-19)21(14-8-7-13-20)18-10-4-3-9-17(16)18/h3-4,9-10,16H,2,5-8,11-12,14-15H2,1H3. The number of unbranched alkanes of at least 4 members (excludes halogenated alkanes) is 1. The number of rotatable bonds is 3. The van der Waals surface area contributed by atoms with Crippen LogP contribution in [-0.2, 0) is 0 Å². The topological polar surface area (TPSA) is 27.0 Å². The number of anilines is 1. The number of para-hydroxylation sites is 1. The Labute approximate surface area is 128 Å². The van der Waals surface area contributed by atoms with Crippen LogP contribution in [0.4, 0.5) is 5.69 Å². The Morgan fingerprint density at radius 2 is 2.00 bits per heavy atom. The van der Waals surface area contributed by atoms with E-state index in [1.165, 1.54) is 49.8 Å². The third-order valence-corrected chi connectivity index (χ3v) is 5.47. The monoisotopic (exact) mass is 282 g/mol. The lowest BCUT2D eigenvalue weighted by Crippen LogP contribution is -2.54. The molecule has 0 bridgehead atoms. The number of benzene rings is 1. The van der Waals surface area contributed by atoms with Crippen molar-refractivity contribution in [3.8, 4) is 6.07 Å². The van der Waals surface area contributed by atoms with Crippen LogP contribution < -0.4 is 4.90 Å². The van der Waals surface area contributed by atoms with Crippen LogP contribution in [-0.4, -0.2) is 12.1 Å². The molecule has 2 aliphatic rings. The van der Waals surface area contributed by atoms with E-state index in [1.807, 2.05) is 0 Å². The molecule has 2 heteroatoms. The molecule has 0 amide bonds. The molecule has 1 heterocycles. The zero-order valence-electron chi connectivity index (χ0n) is 13.1. The second kappa shape index (κ2) is 6.10. The van der Waals surface area contributed by atoms with Gasteiger partial charge < -0.3 is 4.90 Å². The molecule has 0 saturated heterocycles. The van der Waals surface area contributed by atoms with E-state index in [0.29, 0.717) is 17.9 Å². The van der Waals surface area contributed by atoms with Crippen LogP contribution in [0.1, 0.15) is 69.8 Å². The summed E-state index contributed by atoms with van der Waals surface area (Å²) in [6.45, 7) is 3.43. The maximum atomic E-state index is 8.87. The van der Waals surface area contributed by atoms with E-state index in [9.17, 15) is 0 Å². The molecule has 21 heavy (non-hydrogen) atoms. The summed E-state index contributed by atoms with van der Waals surface area (Å²) in [6, 6.07) is 11.2. The molecule has 1 aromatic carbocycles. The summed E-state index contributed by atoms with van der Waals surface area (Å²) in [5.41, 5.74) is 3.31. The third-order valence-electron chi connectivity index (χ3n) is 5.47. The number of fused-ring (bicyclic) bond motifs is 1. The zero-order valence-corrected chi connectivity index (χ0v) is 13.1. The van der Waals surface area contributed by atoms with Gasteiger partial charge in [-0.15, -0.1) is 0 Å². The minimum atomic E-state index is 0.363. The average Bonchev–Trinajstić information content (AvgIpc) is 2.52. The smallest absolute Gasteiger partial charge is 0.0622 e. The van der Waals surface area contributed by atoms with Gasteiger partial charge in [-0.05, 0) is 43.2 Å². The number of nitriles is 1. The van der Waals surface area contributed by atoms with Crippen molar-refractivity contribution >= 4 is 5.69 Å². The fraction of sp³-hybridized carbons (Fsp3) is 0.632. The highest BCUT2D eigenvalue weighted by Gasteiger charge is 2.43. The first-order valence-electron chi connectivity index (χ1n) is 8.50. The van der Waals surface area contributed by atoms with Crippen molar-refractivity contribution in [2.45, 2.75) is 69.7 Å². The molecular formula is C19H26N2. The maximum absolute atomic E-state index is 8.87. The lowest BCUT2D eigenvalue weighted by atomic mass is 9.70. The molecule has 1 unspecified atom stereocenters. The summed E-state index contributed by atoms with van der Waals surface area (Å²) < 4.78 is 0. The van der Waals surface area contributed by atoms with Crippen LogP contribution in [0.2, 0.25) is 0 Å². The van der Waals surface area contributed by atoms with Crippen molar-refractivity contribution in [3.05, 3.63) is 29.8 Å². The normalized spacial score (nSPS) is 23.6. The van der Waals surface area contributed by atoms with Gasteiger partial charge >= 0.3 is 0 Å². The summed E-state index contributed by atoms with van der Waals surface area (Å²) in [5.74, 6) is 0.659. The van der Waals surface area contributed by atoms with E-state index >= 15 is 0 Å². The Balaban J connectivity index is 1.95. The summed E-state index contributed by atoms with van der Waals surface area (Å²) in [5, 5.41) is 8.87. The zero-order chi connectivity index (χ0) is 14.7. The minimum Gasteiger partial charge on any atom is -0.366 e. The predicted octanol–water partition coefficient (Wildman–Crippen LogP) is 5.01. The second-order valence-electron chi connectivity index (χ2n) is 6.86. The lowest BCUT2D eigenvalue weighted by molar-refractivity contribution is 0.233. The van der Waals surface area contributed by atoms with Crippen LogP contribution in [0.3, 0.4) is 0 Å². The van der Waals surface area contributed by atoms with Crippen molar-refractivity contribution in [3.63, 3.8) is 0 Å². The first-order valence-corrected chi connectivity index (χ1v) is 8.50. The van der Waals surface area contributed by atoms with E-state index in [0.717, 1.165) is 13.0 Å². The quantitative estimate of drug-likeness (QED) is 0.729. The summed E-state index contributed by atoms with van der Waals surface area (Å²) in [7, 11) is 0. The van der Waals surface area contributed by atoms with Gasteiger partial charge in [0, 0.05) is 24.2 Å². The van der Waals surface area contributed by atoms with E-state index in [1.54, 1.807) is 0 Å². The Kier molecular flexibility index (Phi) is 4.19. The summed E-state index contributed by atoms with van der Waals surface area (Å²) in [4.78, 5) is 2.68. The molecule has 112 valence electrons. The van der Waals surface area contributed by atoms with Gasteiger partial charge in [0.05, 0.1) is 6.07 Å². The van der Waals surface area contributed by atoms with Crippen molar-refractivity contribution in [1.82, 2.24) is 0 Å². The minimum absolute atomic E-state index is 0.363. The first-order chi connectivity index (χ1) is 10.3. The van der Waals surface area contributed by atoms with Crippen molar-refractivity contribution in [2.75, 3.05) is 11.4 Å². The van der Waals surface area contributed by atoms with Gasteiger partial charge in [0.15, 0.2) is 0 Å². The molecule has 0 N–H and O–H groups in total. The average molecular weight is 282 g/mol. The second-order valence-corrected chi connectivity index (χ2v) is 6.86. The van der Waals surface area contributed by atoms with Gasteiger partial charge in [-0.1, -0.05) is 44.4 Å². The molecule has 1 saturated carbocycles. The van der Waals surface area contributed by atoms with Crippen LogP contribution >= 0.6 is 0 Å². The number of nitrogens with zero attached hydrogens (tertiary/aromatic N) is 2. The number of hydrogen-bond donors (Lipinski definition) is 0. The lowest BCUT2D eigenvalue weighted by Gasteiger charge is -2.53. The fourth-order valence-corrected chi connectivity index (χ4v) is 4.55. The Morgan fingerprint density at radius 1 is 1.24 bits per heavy atom. The van der Waals surface area contributed by atoms with Gasteiger partial charge in [0.1, 0.15) is 0 Å². The molecular weight excluding hydrogens is 256 g/mol. The largest absolute Gasteiger partial charge is 0.366 e. The SMILES string of the molecule is CC1CC2(CCCCC2)N(CCCC#N)c2ccccc21. The Bertz CT molecular complexity index is 523. The van der Waals surface area contributed by atoms with Crippen molar-refractivity contribution < 1.29 is 0 Å². The number of hydrogen-bond acceptors (Lipinski definition) is 2. The van der Waals surface area contributed by atoms with Crippen LogP contribution in [0, 0.1) is 11.3 Å². The Hall–Kier alpha value is -1.49. The molecule has 1 aliphatic carbocycles. The summed E-state index contributed by atoms with van der Waals surface area (Å²) in [6.07, 6.45) is 9.73. The molecule has 1 aromatic rings. The predicted molar refractivity (Wildman–Crippen MR) is 87.5 cm³/mol. The van der Waals surface area contributed by atoms with Gasteiger partial charge in [0.2, 0.25) is 0 Å². The van der Waals surface area contributed by atoms with Gasteiger partial charge in [-0.25, -0.2) is 0 Å². The van der Waals surface area contributed by atoms with Crippen molar-refractivity contribution in [2.24, 2.45) is 0 Å². The molecule has 0 radical (unpaired) electrons. The van der Waals surface area contributed by atoms with Crippen LogP contribution in [0.5, 0.6) is 0 Å². The maximum Gasteiger partial charge on any atom is 0.0622 e. The molecule has 0 aromatic heterocycles. The van der Waals surface area contributed by atoms with Gasteiger partial charge in [0.25, 0.3) is 0 Å². The molecule has 1 aliphatic heterocycles. The Morgan fingerprint density at radius 3 is 2.76 bits per heavy atom.